The average molecular weight is 440 g/mol. The highest BCUT2D eigenvalue weighted by Gasteiger charge is 2.14. The number of rotatable bonds is 9. The summed E-state index contributed by atoms with van der Waals surface area (Å²) in [7, 11) is 0. The van der Waals surface area contributed by atoms with Crippen LogP contribution in [0.3, 0.4) is 0 Å². The molecule has 1 N–H and O–H groups in total. The van der Waals surface area contributed by atoms with Crippen LogP contribution in [0.25, 0.3) is 10.9 Å². The molecule has 3 rings (SSSR count). The minimum Gasteiger partial charge on any atom is -0.340 e. The van der Waals surface area contributed by atoms with Crippen molar-refractivity contribution < 1.29 is 0 Å². The Balaban J connectivity index is 0.00000280. The molecule has 0 fully saturated rings. The maximum atomic E-state index is 6.42. The van der Waals surface area contributed by atoms with Crippen LogP contribution >= 0.6 is 35.6 Å². The zero-order valence-corrected chi connectivity index (χ0v) is 18.9. The van der Waals surface area contributed by atoms with Crippen molar-refractivity contribution in [3.8, 4) is 0 Å². The molecule has 0 bridgehead atoms. The lowest BCUT2D eigenvalue weighted by Crippen LogP contribution is -2.15. The van der Waals surface area contributed by atoms with E-state index < -0.39 is 0 Å². The van der Waals surface area contributed by atoms with Gasteiger partial charge in [-0.15, -0.1) is 12.4 Å². The number of aromatic nitrogens is 1. The molecule has 0 aliphatic rings. The van der Waals surface area contributed by atoms with Crippen LogP contribution in [0.2, 0.25) is 10.0 Å². The number of nitrogens with zero attached hydrogens (tertiary/aromatic N) is 1. The second-order valence-corrected chi connectivity index (χ2v) is 7.98. The zero-order valence-electron chi connectivity index (χ0n) is 16.6. The van der Waals surface area contributed by atoms with Gasteiger partial charge < -0.3 is 9.88 Å². The van der Waals surface area contributed by atoms with Crippen LogP contribution in [0.5, 0.6) is 0 Å². The summed E-state index contributed by atoms with van der Waals surface area (Å²) in [5, 5.41) is 6.34. The van der Waals surface area contributed by atoms with E-state index in [1.807, 2.05) is 18.2 Å². The summed E-state index contributed by atoms with van der Waals surface area (Å²) in [5.74, 6) is 0. The SMILES string of the molecule is CCCCCCNCc1c(C)n(Cc2ccc(Cl)cc2Cl)c2ccccc12.Cl. The molecule has 0 aliphatic heterocycles. The van der Waals surface area contributed by atoms with Crippen molar-refractivity contribution in [3.63, 3.8) is 0 Å². The third-order valence-corrected chi connectivity index (χ3v) is 5.80. The third-order valence-electron chi connectivity index (χ3n) is 5.21. The summed E-state index contributed by atoms with van der Waals surface area (Å²) in [6.45, 7) is 7.18. The predicted molar refractivity (Wildman–Crippen MR) is 125 cm³/mol. The number of nitrogens with one attached hydrogen (secondary N) is 1. The van der Waals surface area contributed by atoms with Crippen molar-refractivity contribution in [3.05, 3.63) is 69.3 Å². The molecule has 1 heterocycles. The van der Waals surface area contributed by atoms with Crippen LogP contribution in [0, 0.1) is 6.92 Å². The first kappa shape index (κ1) is 23.1. The van der Waals surface area contributed by atoms with Gasteiger partial charge >= 0.3 is 0 Å². The second-order valence-electron chi connectivity index (χ2n) is 7.14. The number of hydrogen-bond acceptors (Lipinski definition) is 1. The van der Waals surface area contributed by atoms with Gasteiger partial charge in [0.05, 0.1) is 0 Å². The molecule has 1 aromatic heterocycles. The fraction of sp³-hybridized carbons (Fsp3) is 0.391. The van der Waals surface area contributed by atoms with E-state index in [4.69, 9.17) is 23.2 Å². The molecule has 28 heavy (non-hydrogen) atoms. The number of para-hydroxylation sites is 1. The van der Waals surface area contributed by atoms with Gasteiger partial charge in [-0.2, -0.15) is 0 Å². The van der Waals surface area contributed by atoms with Crippen molar-refractivity contribution in [2.24, 2.45) is 0 Å². The average Bonchev–Trinajstić information content (AvgIpc) is 2.92. The third kappa shape index (κ3) is 5.45. The van der Waals surface area contributed by atoms with E-state index in [2.05, 4.69) is 48.0 Å². The Morgan fingerprint density at radius 2 is 1.79 bits per heavy atom. The molecule has 0 saturated heterocycles. The summed E-state index contributed by atoms with van der Waals surface area (Å²) < 4.78 is 2.36. The lowest BCUT2D eigenvalue weighted by molar-refractivity contribution is 0.597. The molecule has 152 valence electrons. The Kier molecular flexibility index (Phi) is 9.17. The highest BCUT2D eigenvalue weighted by molar-refractivity contribution is 6.35. The van der Waals surface area contributed by atoms with Gasteiger partial charge in [-0.05, 0) is 49.2 Å². The molecule has 2 aromatic carbocycles. The highest BCUT2D eigenvalue weighted by atomic mass is 35.5. The molecular weight excluding hydrogens is 411 g/mol. The first-order valence-corrected chi connectivity index (χ1v) is 10.6. The van der Waals surface area contributed by atoms with E-state index in [1.54, 1.807) is 0 Å². The minimum atomic E-state index is 0. The Morgan fingerprint density at radius 3 is 2.54 bits per heavy atom. The van der Waals surface area contributed by atoms with E-state index in [0.29, 0.717) is 5.02 Å². The number of halogens is 3. The van der Waals surface area contributed by atoms with Gasteiger partial charge in [0.1, 0.15) is 0 Å². The molecule has 0 unspecified atom stereocenters. The molecule has 0 spiro atoms. The van der Waals surface area contributed by atoms with Gasteiger partial charge in [-0.1, -0.05) is 73.7 Å². The quantitative estimate of drug-likeness (QED) is 0.344. The lowest BCUT2D eigenvalue weighted by atomic mass is 10.1. The monoisotopic (exact) mass is 438 g/mol. The predicted octanol–water partition coefficient (Wildman–Crippen LogP) is 7.40. The van der Waals surface area contributed by atoms with Gasteiger partial charge in [0.15, 0.2) is 0 Å². The summed E-state index contributed by atoms with van der Waals surface area (Å²) in [5.41, 5.74) is 5.02. The molecule has 0 amide bonds. The molecule has 3 aromatic rings. The minimum absolute atomic E-state index is 0. The first-order valence-electron chi connectivity index (χ1n) is 9.83. The van der Waals surface area contributed by atoms with Gasteiger partial charge in [-0.3, -0.25) is 0 Å². The summed E-state index contributed by atoms with van der Waals surface area (Å²) in [6, 6.07) is 14.4. The lowest BCUT2D eigenvalue weighted by Gasteiger charge is -2.11. The standard InChI is InChI=1S/C23H28Cl2N2.ClH/c1-3-4-5-8-13-26-15-21-17(2)27(23-10-7-6-9-20(21)23)16-18-11-12-19(24)14-22(18)25;/h6-7,9-12,14,26H,3-5,8,13,15-16H2,1-2H3;1H. The molecule has 2 nitrogen and oxygen atoms in total. The van der Waals surface area contributed by atoms with Crippen molar-refractivity contribution >= 4 is 46.5 Å². The molecule has 0 radical (unpaired) electrons. The molecule has 5 heteroatoms. The number of fused-ring (bicyclic) bond motifs is 1. The summed E-state index contributed by atoms with van der Waals surface area (Å²) in [4.78, 5) is 0. The van der Waals surface area contributed by atoms with Crippen LogP contribution in [0.1, 0.15) is 49.4 Å². The topological polar surface area (TPSA) is 17.0 Å². The van der Waals surface area contributed by atoms with Gasteiger partial charge in [0, 0.05) is 39.7 Å². The Hall–Kier alpha value is -1.19. The normalized spacial score (nSPS) is 11.0. The fourth-order valence-electron chi connectivity index (χ4n) is 3.64. The zero-order chi connectivity index (χ0) is 19.2. The highest BCUT2D eigenvalue weighted by Crippen LogP contribution is 2.29. The van der Waals surface area contributed by atoms with Crippen LogP contribution < -0.4 is 5.32 Å². The summed E-state index contributed by atoms with van der Waals surface area (Å²) >= 11 is 12.5. The van der Waals surface area contributed by atoms with Crippen LogP contribution in [0.4, 0.5) is 0 Å². The van der Waals surface area contributed by atoms with E-state index in [-0.39, 0.29) is 12.4 Å². The van der Waals surface area contributed by atoms with Crippen molar-refractivity contribution in [1.82, 2.24) is 9.88 Å². The van der Waals surface area contributed by atoms with Crippen molar-refractivity contribution in [2.45, 2.75) is 52.6 Å². The Labute approximate surface area is 184 Å². The number of unbranched alkanes of at least 4 members (excludes halogenated alkanes) is 3. The maximum absolute atomic E-state index is 6.42. The molecule has 0 saturated carbocycles. The Morgan fingerprint density at radius 1 is 1.00 bits per heavy atom. The van der Waals surface area contributed by atoms with E-state index >= 15 is 0 Å². The maximum Gasteiger partial charge on any atom is 0.0493 e. The van der Waals surface area contributed by atoms with E-state index in [1.165, 1.54) is 47.8 Å². The van der Waals surface area contributed by atoms with Crippen molar-refractivity contribution in [2.75, 3.05) is 6.54 Å². The van der Waals surface area contributed by atoms with Gasteiger partial charge in [-0.25, -0.2) is 0 Å². The van der Waals surface area contributed by atoms with Crippen LogP contribution in [-0.2, 0) is 13.1 Å². The molecular formula is C23H29Cl3N2. The van der Waals surface area contributed by atoms with Crippen LogP contribution in [-0.4, -0.2) is 11.1 Å². The number of benzene rings is 2. The van der Waals surface area contributed by atoms with E-state index in [0.717, 1.165) is 30.2 Å². The second kappa shape index (κ2) is 11.1. The summed E-state index contributed by atoms with van der Waals surface area (Å²) in [6.07, 6.45) is 5.15. The fourth-order valence-corrected chi connectivity index (χ4v) is 4.11. The molecule has 0 atom stereocenters. The number of hydrogen-bond donors (Lipinski definition) is 1. The smallest absolute Gasteiger partial charge is 0.0493 e. The molecule has 0 aliphatic carbocycles. The van der Waals surface area contributed by atoms with Gasteiger partial charge in [0.25, 0.3) is 0 Å². The van der Waals surface area contributed by atoms with Gasteiger partial charge in [0.2, 0.25) is 0 Å². The van der Waals surface area contributed by atoms with Crippen LogP contribution in [0.15, 0.2) is 42.5 Å². The Bertz CT molecular complexity index is 902. The van der Waals surface area contributed by atoms with E-state index in [9.17, 15) is 0 Å². The largest absolute Gasteiger partial charge is 0.340 e. The van der Waals surface area contributed by atoms with Crippen molar-refractivity contribution in [1.29, 1.82) is 0 Å². The first-order chi connectivity index (χ1) is 13.1.